The van der Waals surface area contributed by atoms with Crippen LogP contribution < -0.4 is 5.56 Å². The summed E-state index contributed by atoms with van der Waals surface area (Å²) < 4.78 is 14.4. The van der Waals surface area contributed by atoms with Gasteiger partial charge in [0, 0.05) is 33.2 Å². The molecule has 0 amide bonds. The molecule has 7 heteroatoms. The van der Waals surface area contributed by atoms with Gasteiger partial charge in [-0.25, -0.2) is 0 Å². The number of rotatable bonds is 2. The first-order valence-corrected chi connectivity index (χ1v) is 12.1. The van der Waals surface area contributed by atoms with Gasteiger partial charge in [-0.15, -0.1) is 11.6 Å². The summed E-state index contributed by atoms with van der Waals surface area (Å²) in [5.74, 6) is 0. The van der Waals surface area contributed by atoms with Crippen molar-refractivity contribution in [1.29, 1.82) is 0 Å². The quantitative estimate of drug-likeness (QED) is 0.382. The molecule has 1 aliphatic heterocycles. The number of fused-ring (bicyclic) bond motifs is 5. The van der Waals surface area contributed by atoms with Crippen molar-refractivity contribution >= 4 is 34.4 Å². The lowest BCUT2D eigenvalue weighted by molar-refractivity contribution is 0.00578. The van der Waals surface area contributed by atoms with Crippen molar-refractivity contribution in [3.63, 3.8) is 0 Å². The van der Waals surface area contributed by atoms with E-state index in [4.69, 9.17) is 9.31 Å². The zero-order chi connectivity index (χ0) is 23.3. The van der Waals surface area contributed by atoms with Gasteiger partial charge in [0.15, 0.2) is 0 Å². The standard InChI is InChI=1S/C25H31BN2O3S/c1-22(2)14-23(3,4)19-18(22)21(29)27-20-17-10-9-16(13-15(17)11-12-28(19)20)32-26-30-24(5,6)25(7,8)31-26/h9-13H,14H2,1-8H3. The molecule has 0 N–H and O–H groups in total. The van der Waals surface area contributed by atoms with Crippen molar-refractivity contribution in [3.8, 4) is 0 Å². The second-order valence-electron chi connectivity index (χ2n) is 11.5. The van der Waals surface area contributed by atoms with Crippen molar-refractivity contribution in [2.45, 2.75) is 88.7 Å². The Labute approximate surface area is 193 Å². The smallest absolute Gasteiger partial charge is 0.394 e. The van der Waals surface area contributed by atoms with E-state index in [1.54, 1.807) is 11.6 Å². The summed E-state index contributed by atoms with van der Waals surface area (Å²) in [4.78, 5) is 18.7. The topological polar surface area (TPSA) is 52.8 Å². The maximum Gasteiger partial charge on any atom is 0.537 e. The summed E-state index contributed by atoms with van der Waals surface area (Å²) in [6.07, 6.45) is 2.64. The van der Waals surface area contributed by atoms with Crippen LogP contribution in [0.3, 0.4) is 0 Å². The molecule has 168 valence electrons. The Morgan fingerprint density at radius 1 is 0.969 bits per heavy atom. The Balaban J connectivity index is 1.60. The van der Waals surface area contributed by atoms with Gasteiger partial charge in [0.1, 0.15) is 5.65 Å². The molecule has 1 aliphatic carbocycles. The lowest BCUT2D eigenvalue weighted by atomic mass is 9.82. The molecule has 0 atom stereocenters. The fourth-order valence-electron chi connectivity index (χ4n) is 5.48. The molecule has 0 bridgehead atoms. The molecule has 5 nitrogen and oxygen atoms in total. The minimum atomic E-state index is -0.357. The Morgan fingerprint density at radius 2 is 1.62 bits per heavy atom. The number of aromatic nitrogens is 2. The maximum atomic E-state index is 13.1. The van der Waals surface area contributed by atoms with Crippen molar-refractivity contribution < 1.29 is 9.31 Å². The second-order valence-corrected chi connectivity index (χ2v) is 12.6. The molecular weight excluding hydrogens is 419 g/mol. The van der Waals surface area contributed by atoms with Gasteiger partial charge in [-0.1, -0.05) is 27.7 Å². The number of hydrogen-bond donors (Lipinski definition) is 0. The minimum Gasteiger partial charge on any atom is -0.394 e. The predicted molar refractivity (Wildman–Crippen MR) is 132 cm³/mol. The lowest BCUT2D eigenvalue weighted by Crippen LogP contribution is -2.41. The van der Waals surface area contributed by atoms with Crippen LogP contribution in [0.25, 0.3) is 16.4 Å². The summed E-state index contributed by atoms with van der Waals surface area (Å²) in [6.45, 7) is 17.0. The van der Waals surface area contributed by atoms with Gasteiger partial charge in [0.2, 0.25) is 0 Å². The lowest BCUT2D eigenvalue weighted by Gasteiger charge is -2.32. The second kappa shape index (κ2) is 6.61. The highest BCUT2D eigenvalue weighted by atomic mass is 32.2. The molecule has 1 fully saturated rings. The normalized spacial score (nSPS) is 22.6. The molecule has 3 aromatic rings. The van der Waals surface area contributed by atoms with Crippen LogP contribution in [0.2, 0.25) is 0 Å². The first-order chi connectivity index (χ1) is 14.7. The van der Waals surface area contributed by atoms with Gasteiger partial charge < -0.3 is 13.7 Å². The average Bonchev–Trinajstić information content (AvgIpc) is 2.97. The number of benzene rings is 1. The summed E-state index contributed by atoms with van der Waals surface area (Å²) in [6, 6.07) is 8.36. The molecule has 1 saturated heterocycles. The SMILES string of the molecule is CC1(C)CC(C)(C)c2c1c(=O)nc1c3ccc(SB4OC(C)(C)C(C)(C)O4)cc3ccn21. The van der Waals surface area contributed by atoms with E-state index in [0.29, 0.717) is 0 Å². The first-order valence-electron chi connectivity index (χ1n) is 11.2. The zero-order valence-corrected chi connectivity index (χ0v) is 21.0. The summed E-state index contributed by atoms with van der Waals surface area (Å²) in [7, 11) is 0. The van der Waals surface area contributed by atoms with Crippen LogP contribution in [-0.2, 0) is 20.1 Å². The highest BCUT2D eigenvalue weighted by Crippen LogP contribution is 2.48. The van der Waals surface area contributed by atoms with Crippen LogP contribution in [0.15, 0.2) is 40.2 Å². The monoisotopic (exact) mass is 450 g/mol. The summed E-state index contributed by atoms with van der Waals surface area (Å²) in [5, 5.41) is 2.03. The van der Waals surface area contributed by atoms with Gasteiger partial charge in [-0.3, -0.25) is 4.79 Å². The van der Waals surface area contributed by atoms with Crippen molar-refractivity contribution in [1.82, 2.24) is 9.38 Å². The molecule has 0 unspecified atom stereocenters. The predicted octanol–water partition coefficient (Wildman–Crippen LogP) is 5.49. The molecule has 0 saturated carbocycles. The van der Waals surface area contributed by atoms with Crippen molar-refractivity contribution in [2.75, 3.05) is 0 Å². The Kier molecular flexibility index (Phi) is 4.55. The van der Waals surface area contributed by atoms with E-state index in [2.05, 4.69) is 95.2 Å². The van der Waals surface area contributed by atoms with Crippen molar-refractivity contribution in [2.24, 2.45) is 0 Å². The van der Waals surface area contributed by atoms with E-state index in [-0.39, 0.29) is 34.0 Å². The Morgan fingerprint density at radius 3 is 2.28 bits per heavy atom. The third kappa shape index (κ3) is 3.16. The van der Waals surface area contributed by atoms with Crippen LogP contribution in [0, 0.1) is 0 Å². The average molecular weight is 450 g/mol. The van der Waals surface area contributed by atoms with Crippen molar-refractivity contribution in [3.05, 3.63) is 52.1 Å². The molecule has 2 aliphatic rings. The fourth-order valence-corrected chi connectivity index (χ4v) is 6.62. The van der Waals surface area contributed by atoms with E-state index in [1.165, 1.54) is 0 Å². The van der Waals surface area contributed by atoms with E-state index in [1.807, 2.05) is 0 Å². The molecule has 3 heterocycles. The van der Waals surface area contributed by atoms with Crippen LogP contribution in [-0.4, -0.2) is 27.0 Å². The van der Waals surface area contributed by atoms with Gasteiger partial charge in [-0.2, -0.15) is 4.98 Å². The highest BCUT2D eigenvalue weighted by molar-refractivity contribution is 8.24. The number of nitrogens with zero attached hydrogens (tertiary/aromatic N) is 2. The van der Waals surface area contributed by atoms with Gasteiger partial charge in [0.25, 0.3) is 5.56 Å². The minimum absolute atomic E-state index is 0.0932. The number of pyridine rings is 1. The molecule has 0 radical (unpaired) electrons. The third-order valence-electron chi connectivity index (χ3n) is 7.46. The Bertz CT molecular complexity index is 1310. The molecule has 32 heavy (non-hydrogen) atoms. The molecular formula is C25H31BN2O3S. The third-order valence-corrected chi connectivity index (χ3v) is 8.37. The molecule has 5 rings (SSSR count). The van der Waals surface area contributed by atoms with Crippen LogP contribution >= 0.6 is 11.6 Å². The zero-order valence-electron chi connectivity index (χ0n) is 20.2. The van der Waals surface area contributed by atoms with Gasteiger partial charge >= 0.3 is 6.40 Å². The summed E-state index contributed by atoms with van der Waals surface area (Å²) in [5.41, 5.74) is 1.59. The largest absolute Gasteiger partial charge is 0.537 e. The fraction of sp³-hybridized carbons (Fsp3) is 0.520. The van der Waals surface area contributed by atoms with Crippen LogP contribution in [0.4, 0.5) is 0 Å². The highest BCUT2D eigenvalue weighted by Gasteiger charge is 2.52. The molecule has 2 aromatic heterocycles. The van der Waals surface area contributed by atoms with E-state index >= 15 is 0 Å². The van der Waals surface area contributed by atoms with Gasteiger partial charge in [0.05, 0.1) is 11.2 Å². The van der Waals surface area contributed by atoms with Gasteiger partial charge in [-0.05, 0) is 69.2 Å². The van der Waals surface area contributed by atoms with E-state index in [9.17, 15) is 4.79 Å². The Hall–Kier alpha value is -1.83. The number of hydrogen-bond acceptors (Lipinski definition) is 5. The van der Waals surface area contributed by atoms with E-state index in [0.717, 1.165) is 39.0 Å². The molecule has 0 spiro atoms. The first kappa shape index (κ1) is 22.0. The van der Waals surface area contributed by atoms with Crippen LogP contribution in [0.1, 0.15) is 73.1 Å². The molecule has 1 aromatic carbocycles. The van der Waals surface area contributed by atoms with E-state index < -0.39 is 0 Å². The summed E-state index contributed by atoms with van der Waals surface area (Å²) >= 11 is 1.57. The van der Waals surface area contributed by atoms with Crippen LogP contribution in [0.5, 0.6) is 0 Å². The maximum absolute atomic E-state index is 13.1.